The minimum absolute atomic E-state index is 0.137. The quantitative estimate of drug-likeness (QED) is 0.845. The number of nitrogens with zero attached hydrogens (tertiary/aromatic N) is 2. The average Bonchev–Trinajstić information content (AvgIpc) is 2.71. The average molecular weight is 246 g/mol. The van der Waals surface area contributed by atoms with Crippen LogP contribution >= 0.6 is 0 Å². The molecule has 0 saturated heterocycles. The first-order valence-electron chi connectivity index (χ1n) is 6.33. The molecule has 0 aliphatic rings. The van der Waals surface area contributed by atoms with Crippen molar-refractivity contribution in [2.24, 2.45) is 5.73 Å². The predicted molar refractivity (Wildman–Crippen MR) is 75.6 cm³/mol. The summed E-state index contributed by atoms with van der Waals surface area (Å²) in [6.45, 7) is 6.03. The number of hydrogen-bond donors (Lipinski definition) is 2. The zero-order valence-electron chi connectivity index (χ0n) is 11.4. The van der Waals surface area contributed by atoms with Crippen LogP contribution in [0.2, 0.25) is 0 Å². The summed E-state index contributed by atoms with van der Waals surface area (Å²) < 4.78 is 0. The van der Waals surface area contributed by atoms with Gasteiger partial charge in [0.1, 0.15) is 0 Å². The summed E-state index contributed by atoms with van der Waals surface area (Å²) in [6.07, 6.45) is 2.76. The highest BCUT2D eigenvalue weighted by molar-refractivity contribution is 5.75. The van der Waals surface area contributed by atoms with Crippen LogP contribution in [-0.2, 0) is 6.42 Å². The van der Waals surface area contributed by atoms with Crippen LogP contribution < -0.4 is 5.73 Å². The predicted octanol–water partition coefficient (Wildman–Crippen LogP) is 1.77. The zero-order valence-corrected chi connectivity index (χ0v) is 11.4. The second-order valence-electron chi connectivity index (χ2n) is 5.73. The Morgan fingerprint density at radius 3 is 2.89 bits per heavy atom. The smallest absolute Gasteiger partial charge is 0.0931 e. The SMILES string of the molecule is CN(CCc1ccc2nc[nH]c2c1)CC(C)(C)N. The normalized spacial score (nSPS) is 12.5. The topological polar surface area (TPSA) is 57.9 Å². The van der Waals surface area contributed by atoms with E-state index in [1.807, 2.05) is 0 Å². The van der Waals surface area contributed by atoms with Gasteiger partial charge in [-0.25, -0.2) is 4.98 Å². The molecule has 2 aromatic rings. The molecule has 0 unspecified atom stereocenters. The van der Waals surface area contributed by atoms with E-state index in [-0.39, 0.29) is 5.54 Å². The largest absolute Gasteiger partial charge is 0.345 e. The third kappa shape index (κ3) is 3.55. The number of aromatic nitrogens is 2. The van der Waals surface area contributed by atoms with E-state index >= 15 is 0 Å². The fourth-order valence-corrected chi connectivity index (χ4v) is 2.23. The molecule has 1 aromatic heterocycles. The van der Waals surface area contributed by atoms with Crippen molar-refractivity contribution in [1.82, 2.24) is 14.9 Å². The second kappa shape index (κ2) is 5.08. The number of fused-ring (bicyclic) bond motifs is 1. The summed E-state index contributed by atoms with van der Waals surface area (Å²) in [5.41, 5.74) is 9.33. The first kappa shape index (κ1) is 13.1. The summed E-state index contributed by atoms with van der Waals surface area (Å²) in [7, 11) is 2.11. The summed E-state index contributed by atoms with van der Waals surface area (Å²) in [5.74, 6) is 0. The van der Waals surface area contributed by atoms with Crippen molar-refractivity contribution in [3.8, 4) is 0 Å². The molecule has 4 heteroatoms. The number of hydrogen-bond acceptors (Lipinski definition) is 3. The van der Waals surface area contributed by atoms with Crippen LogP contribution in [0, 0.1) is 0 Å². The number of rotatable bonds is 5. The molecule has 0 aliphatic carbocycles. The number of imidazole rings is 1. The molecule has 18 heavy (non-hydrogen) atoms. The van der Waals surface area contributed by atoms with Gasteiger partial charge in [-0.15, -0.1) is 0 Å². The molecule has 0 amide bonds. The van der Waals surface area contributed by atoms with E-state index in [4.69, 9.17) is 5.73 Å². The number of nitrogens with two attached hydrogens (primary N) is 1. The lowest BCUT2D eigenvalue weighted by Gasteiger charge is -2.26. The summed E-state index contributed by atoms with van der Waals surface area (Å²) in [6, 6.07) is 6.38. The molecule has 0 spiro atoms. The van der Waals surface area contributed by atoms with Gasteiger partial charge >= 0.3 is 0 Å². The highest BCUT2D eigenvalue weighted by Gasteiger charge is 2.13. The maximum atomic E-state index is 6.01. The van der Waals surface area contributed by atoms with E-state index in [1.54, 1.807) is 6.33 Å². The van der Waals surface area contributed by atoms with Crippen LogP contribution in [0.1, 0.15) is 19.4 Å². The Kier molecular flexibility index (Phi) is 3.68. The van der Waals surface area contributed by atoms with Crippen LogP contribution in [0.4, 0.5) is 0 Å². The van der Waals surface area contributed by atoms with Gasteiger partial charge in [0.25, 0.3) is 0 Å². The molecule has 0 atom stereocenters. The van der Waals surface area contributed by atoms with Crippen LogP contribution in [0.15, 0.2) is 24.5 Å². The summed E-state index contributed by atoms with van der Waals surface area (Å²) in [4.78, 5) is 9.64. The monoisotopic (exact) mass is 246 g/mol. The highest BCUT2D eigenvalue weighted by Crippen LogP contribution is 2.12. The van der Waals surface area contributed by atoms with Crippen molar-refractivity contribution in [3.05, 3.63) is 30.1 Å². The van der Waals surface area contributed by atoms with Crippen LogP contribution in [0.5, 0.6) is 0 Å². The van der Waals surface area contributed by atoms with Gasteiger partial charge in [0.2, 0.25) is 0 Å². The first-order valence-corrected chi connectivity index (χ1v) is 6.33. The van der Waals surface area contributed by atoms with Crippen molar-refractivity contribution in [2.75, 3.05) is 20.1 Å². The molecule has 0 saturated carbocycles. The van der Waals surface area contributed by atoms with E-state index in [2.05, 4.69) is 54.0 Å². The van der Waals surface area contributed by atoms with Gasteiger partial charge in [-0.1, -0.05) is 6.07 Å². The van der Waals surface area contributed by atoms with Crippen molar-refractivity contribution < 1.29 is 0 Å². The number of benzene rings is 1. The van der Waals surface area contributed by atoms with Crippen LogP contribution in [-0.4, -0.2) is 40.5 Å². The molecule has 1 aromatic carbocycles. The fraction of sp³-hybridized carbons (Fsp3) is 0.500. The van der Waals surface area contributed by atoms with Crippen molar-refractivity contribution >= 4 is 11.0 Å². The molecular weight excluding hydrogens is 224 g/mol. The van der Waals surface area contributed by atoms with Crippen molar-refractivity contribution in [2.45, 2.75) is 25.8 Å². The highest BCUT2D eigenvalue weighted by atomic mass is 15.1. The molecule has 4 nitrogen and oxygen atoms in total. The fourth-order valence-electron chi connectivity index (χ4n) is 2.23. The molecule has 0 radical (unpaired) electrons. The Labute approximate surface area is 108 Å². The standard InChI is InChI=1S/C14H22N4/c1-14(2,15)9-18(3)7-6-11-4-5-12-13(8-11)17-10-16-12/h4-5,8,10H,6-7,9,15H2,1-3H3,(H,16,17). The third-order valence-corrected chi connectivity index (χ3v) is 2.94. The summed E-state index contributed by atoms with van der Waals surface area (Å²) >= 11 is 0. The number of likely N-dealkylation sites (N-methyl/N-ethyl adjacent to an activating group) is 1. The number of nitrogens with one attached hydrogen (secondary N) is 1. The van der Waals surface area contributed by atoms with E-state index in [9.17, 15) is 0 Å². The first-order chi connectivity index (χ1) is 8.44. The van der Waals surface area contributed by atoms with Crippen molar-refractivity contribution in [3.63, 3.8) is 0 Å². The molecule has 0 aliphatic heterocycles. The van der Waals surface area contributed by atoms with Gasteiger partial charge in [0, 0.05) is 18.6 Å². The molecule has 98 valence electrons. The lowest BCUT2D eigenvalue weighted by Crippen LogP contribution is -2.44. The van der Waals surface area contributed by atoms with Gasteiger partial charge in [-0.2, -0.15) is 0 Å². The third-order valence-electron chi connectivity index (χ3n) is 2.94. The van der Waals surface area contributed by atoms with Gasteiger partial charge < -0.3 is 15.6 Å². The van der Waals surface area contributed by atoms with Crippen LogP contribution in [0.3, 0.4) is 0 Å². The Morgan fingerprint density at radius 1 is 1.39 bits per heavy atom. The molecule has 1 heterocycles. The molecule has 2 rings (SSSR count). The zero-order chi connectivity index (χ0) is 13.2. The van der Waals surface area contributed by atoms with E-state index in [0.29, 0.717) is 0 Å². The van der Waals surface area contributed by atoms with Gasteiger partial charge in [-0.3, -0.25) is 0 Å². The maximum Gasteiger partial charge on any atom is 0.0931 e. The van der Waals surface area contributed by atoms with Gasteiger partial charge in [-0.05, 0) is 45.0 Å². The van der Waals surface area contributed by atoms with E-state index < -0.39 is 0 Å². The Morgan fingerprint density at radius 2 is 2.17 bits per heavy atom. The number of aromatic amines is 1. The number of H-pyrrole nitrogens is 1. The van der Waals surface area contributed by atoms with Gasteiger partial charge in [0.15, 0.2) is 0 Å². The molecule has 0 fully saturated rings. The Balaban J connectivity index is 1.93. The second-order valence-corrected chi connectivity index (χ2v) is 5.73. The molecule has 3 N–H and O–H groups in total. The van der Waals surface area contributed by atoms with Crippen LogP contribution in [0.25, 0.3) is 11.0 Å². The van der Waals surface area contributed by atoms with Gasteiger partial charge in [0.05, 0.1) is 17.4 Å². The lowest BCUT2D eigenvalue weighted by molar-refractivity contribution is 0.273. The van der Waals surface area contributed by atoms with E-state index in [0.717, 1.165) is 30.5 Å². The Bertz CT molecular complexity index is 510. The van der Waals surface area contributed by atoms with E-state index in [1.165, 1.54) is 5.56 Å². The minimum atomic E-state index is -0.137. The minimum Gasteiger partial charge on any atom is -0.345 e. The molecular formula is C14H22N4. The maximum absolute atomic E-state index is 6.01. The lowest BCUT2D eigenvalue weighted by atomic mass is 10.1. The van der Waals surface area contributed by atoms with Crippen molar-refractivity contribution in [1.29, 1.82) is 0 Å². The Hall–Kier alpha value is -1.39. The molecule has 0 bridgehead atoms. The summed E-state index contributed by atoms with van der Waals surface area (Å²) in [5, 5.41) is 0.